The lowest BCUT2D eigenvalue weighted by Crippen LogP contribution is -2.36. The van der Waals surface area contributed by atoms with E-state index in [0.717, 1.165) is 11.1 Å². The normalized spacial score (nSPS) is 16.6. The predicted octanol–water partition coefficient (Wildman–Crippen LogP) is 1.66. The Balaban J connectivity index is 1.66. The second kappa shape index (κ2) is 8.06. The standard InChI is InChI=1S/C19H24N4O3S/c1-16-6-3-4-7-17(16)8-9-19(24)22-10-5-11-23(13-12-22)27(25,26)18-14-20-21(2)15-18/h3-4,6-9,14-15H,5,10-13H2,1-2H3/b9-8+. The van der Waals surface area contributed by atoms with Gasteiger partial charge < -0.3 is 4.90 Å². The molecule has 27 heavy (non-hydrogen) atoms. The lowest BCUT2D eigenvalue weighted by atomic mass is 10.1. The highest BCUT2D eigenvalue weighted by atomic mass is 32.2. The summed E-state index contributed by atoms with van der Waals surface area (Å²) in [5, 5.41) is 3.94. The fourth-order valence-corrected chi connectivity index (χ4v) is 4.53. The van der Waals surface area contributed by atoms with Crippen molar-refractivity contribution in [3.63, 3.8) is 0 Å². The Morgan fingerprint density at radius 3 is 2.63 bits per heavy atom. The Labute approximate surface area is 159 Å². The SMILES string of the molecule is Cc1ccccc1/C=C/C(=O)N1CCCN(S(=O)(=O)c2cnn(C)c2)CC1. The lowest BCUT2D eigenvalue weighted by Gasteiger charge is -2.20. The highest BCUT2D eigenvalue weighted by molar-refractivity contribution is 7.89. The minimum absolute atomic E-state index is 0.0983. The number of sulfonamides is 1. The maximum Gasteiger partial charge on any atom is 0.246 e. The first-order chi connectivity index (χ1) is 12.9. The van der Waals surface area contributed by atoms with Gasteiger partial charge in [-0.15, -0.1) is 0 Å². The van der Waals surface area contributed by atoms with Crippen LogP contribution in [-0.2, 0) is 21.9 Å². The van der Waals surface area contributed by atoms with Crippen molar-refractivity contribution in [3.8, 4) is 0 Å². The fraction of sp³-hybridized carbons (Fsp3) is 0.368. The van der Waals surface area contributed by atoms with Crippen molar-refractivity contribution in [2.24, 2.45) is 7.05 Å². The minimum Gasteiger partial charge on any atom is -0.338 e. The molecule has 0 saturated carbocycles. The van der Waals surface area contributed by atoms with Crippen LogP contribution >= 0.6 is 0 Å². The van der Waals surface area contributed by atoms with Crippen LogP contribution in [0.3, 0.4) is 0 Å². The van der Waals surface area contributed by atoms with Gasteiger partial charge in [0.1, 0.15) is 4.90 Å². The smallest absolute Gasteiger partial charge is 0.246 e. The first kappa shape index (κ1) is 19.3. The van der Waals surface area contributed by atoms with E-state index in [9.17, 15) is 13.2 Å². The maximum absolute atomic E-state index is 12.7. The number of amides is 1. The molecule has 7 nitrogen and oxygen atoms in total. The van der Waals surface area contributed by atoms with Crippen LogP contribution in [0.1, 0.15) is 17.5 Å². The van der Waals surface area contributed by atoms with Crippen LogP contribution in [0.2, 0.25) is 0 Å². The van der Waals surface area contributed by atoms with Crippen LogP contribution in [0.15, 0.2) is 47.6 Å². The van der Waals surface area contributed by atoms with E-state index in [1.165, 1.54) is 21.4 Å². The summed E-state index contributed by atoms with van der Waals surface area (Å²) in [6.07, 6.45) is 6.83. The second-order valence-corrected chi connectivity index (χ2v) is 8.56. The van der Waals surface area contributed by atoms with Crippen molar-refractivity contribution in [3.05, 3.63) is 53.9 Å². The quantitative estimate of drug-likeness (QED) is 0.747. The van der Waals surface area contributed by atoms with Gasteiger partial charge >= 0.3 is 0 Å². The van der Waals surface area contributed by atoms with E-state index in [1.807, 2.05) is 37.3 Å². The summed E-state index contributed by atoms with van der Waals surface area (Å²) < 4.78 is 28.4. The molecule has 1 aliphatic rings. The molecule has 0 unspecified atom stereocenters. The number of benzene rings is 1. The van der Waals surface area contributed by atoms with Gasteiger partial charge in [-0.25, -0.2) is 8.42 Å². The number of carbonyl (C=O) groups excluding carboxylic acids is 1. The Bertz CT molecular complexity index is 949. The molecular formula is C19H24N4O3S. The van der Waals surface area contributed by atoms with Gasteiger partial charge in [-0.2, -0.15) is 9.40 Å². The number of hydrogen-bond donors (Lipinski definition) is 0. The molecule has 8 heteroatoms. The monoisotopic (exact) mass is 388 g/mol. The molecular weight excluding hydrogens is 364 g/mol. The third-order valence-corrected chi connectivity index (χ3v) is 6.53. The molecule has 0 N–H and O–H groups in total. The Morgan fingerprint density at radius 1 is 1.15 bits per heavy atom. The molecule has 0 bridgehead atoms. The third kappa shape index (κ3) is 4.45. The Hall–Kier alpha value is -2.45. The molecule has 1 aliphatic heterocycles. The lowest BCUT2D eigenvalue weighted by molar-refractivity contribution is -0.125. The number of nitrogens with zero attached hydrogens (tertiary/aromatic N) is 4. The molecule has 2 aromatic rings. The highest BCUT2D eigenvalue weighted by Crippen LogP contribution is 2.17. The number of carbonyl (C=O) groups is 1. The molecule has 1 aromatic carbocycles. The largest absolute Gasteiger partial charge is 0.338 e. The van der Waals surface area contributed by atoms with Gasteiger partial charge in [0.25, 0.3) is 0 Å². The van der Waals surface area contributed by atoms with Gasteiger partial charge in [-0.1, -0.05) is 24.3 Å². The summed E-state index contributed by atoms with van der Waals surface area (Å²) in [6.45, 7) is 3.58. The van der Waals surface area contributed by atoms with E-state index in [0.29, 0.717) is 26.1 Å². The van der Waals surface area contributed by atoms with Gasteiger partial charge in [0.05, 0.1) is 6.20 Å². The van der Waals surface area contributed by atoms with Gasteiger partial charge in [0.15, 0.2) is 0 Å². The summed E-state index contributed by atoms with van der Waals surface area (Å²) in [5.41, 5.74) is 2.10. The molecule has 1 saturated heterocycles. The Morgan fingerprint density at radius 2 is 1.93 bits per heavy atom. The molecule has 0 radical (unpaired) electrons. The summed E-state index contributed by atoms with van der Waals surface area (Å²) in [4.78, 5) is 14.4. The first-order valence-electron chi connectivity index (χ1n) is 8.89. The summed E-state index contributed by atoms with van der Waals surface area (Å²) in [5.74, 6) is -0.0983. The van der Waals surface area contributed by atoms with Crippen LogP contribution in [0.4, 0.5) is 0 Å². The number of aryl methyl sites for hydroxylation is 2. The van der Waals surface area contributed by atoms with E-state index in [-0.39, 0.29) is 17.3 Å². The molecule has 0 aliphatic carbocycles. The second-order valence-electron chi connectivity index (χ2n) is 6.62. The van der Waals surface area contributed by atoms with Crippen molar-refractivity contribution in [1.82, 2.24) is 19.0 Å². The molecule has 0 spiro atoms. The van der Waals surface area contributed by atoms with Crippen molar-refractivity contribution in [2.75, 3.05) is 26.2 Å². The summed E-state index contributed by atoms with van der Waals surface area (Å²) in [7, 11) is -1.90. The summed E-state index contributed by atoms with van der Waals surface area (Å²) in [6, 6.07) is 7.85. The molecule has 144 valence electrons. The average Bonchev–Trinajstić information content (AvgIpc) is 2.93. The van der Waals surface area contributed by atoms with Crippen LogP contribution in [0.5, 0.6) is 0 Å². The van der Waals surface area contributed by atoms with Gasteiger partial charge in [-0.05, 0) is 30.5 Å². The molecule has 0 atom stereocenters. The highest BCUT2D eigenvalue weighted by Gasteiger charge is 2.28. The van der Waals surface area contributed by atoms with Gasteiger partial charge in [0, 0.05) is 45.5 Å². The van der Waals surface area contributed by atoms with Crippen molar-refractivity contribution < 1.29 is 13.2 Å². The zero-order valence-electron chi connectivity index (χ0n) is 15.6. The first-order valence-corrected chi connectivity index (χ1v) is 10.3. The predicted molar refractivity (Wildman–Crippen MR) is 103 cm³/mol. The van der Waals surface area contributed by atoms with Crippen molar-refractivity contribution in [2.45, 2.75) is 18.2 Å². The number of aromatic nitrogens is 2. The average molecular weight is 388 g/mol. The van der Waals surface area contributed by atoms with E-state index in [2.05, 4.69) is 5.10 Å². The van der Waals surface area contributed by atoms with E-state index >= 15 is 0 Å². The third-order valence-electron chi connectivity index (χ3n) is 4.68. The van der Waals surface area contributed by atoms with Crippen LogP contribution in [-0.4, -0.2) is 59.5 Å². The molecule has 1 aromatic heterocycles. The molecule has 2 heterocycles. The molecule has 1 amide bonds. The zero-order chi connectivity index (χ0) is 19.4. The zero-order valence-corrected chi connectivity index (χ0v) is 16.4. The molecule has 1 fully saturated rings. The Kier molecular flexibility index (Phi) is 5.76. The maximum atomic E-state index is 12.7. The van der Waals surface area contributed by atoms with Gasteiger partial charge in [-0.3, -0.25) is 9.48 Å². The molecule has 3 rings (SSSR count). The van der Waals surface area contributed by atoms with Crippen LogP contribution in [0, 0.1) is 6.92 Å². The van der Waals surface area contributed by atoms with Gasteiger partial charge in [0.2, 0.25) is 15.9 Å². The van der Waals surface area contributed by atoms with E-state index < -0.39 is 10.0 Å². The number of hydrogen-bond acceptors (Lipinski definition) is 4. The fourth-order valence-electron chi connectivity index (χ4n) is 3.08. The van der Waals surface area contributed by atoms with E-state index in [4.69, 9.17) is 0 Å². The topological polar surface area (TPSA) is 75.5 Å². The number of rotatable bonds is 4. The van der Waals surface area contributed by atoms with Crippen molar-refractivity contribution in [1.29, 1.82) is 0 Å². The summed E-state index contributed by atoms with van der Waals surface area (Å²) >= 11 is 0. The van der Waals surface area contributed by atoms with Crippen LogP contribution < -0.4 is 0 Å². The van der Waals surface area contributed by atoms with Crippen LogP contribution in [0.25, 0.3) is 6.08 Å². The van der Waals surface area contributed by atoms with Crippen molar-refractivity contribution >= 4 is 22.0 Å². The minimum atomic E-state index is -3.58. The van der Waals surface area contributed by atoms with E-state index in [1.54, 1.807) is 18.0 Å².